The molecule has 0 aliphatic heterocycles. The molecule has 0 radical (unpaired) electrons. The van der Waals surface area contributed by atoms with Crippen molar-refractivity contribution in [3.63, 3.8) is 0 Å². The number of nitrogens with one attached hydrogen (secondary N) is 1. The number of nitrogens with zero attached hydrogens (tertiary/aromatic N) is 1. The highest BCUT2D eigenvalue weighted by Gasteiger charge is 2.34. The van der Waals surface area contributed by atoms with E-state index in [9.17, 15) is 13.2 Å². The van der Waals surface area contributed by atoms with E-state index < -0.39 is 12.0 Å². The van der Waals surface area contributed by atoms with E-state index in [0.717, 1.165) is 4.88 Å². The molecule has 0 atom stereocenters. The Morgan fingerprint density at radius 3 is 2.59 bits per heavy atom. The zero-order valence-corrected chi connectivity index (χ0v) is 10.3. The average molecular weight is 276 g/mol. The summed E-state index contributed by atoms with van der Waals surface area (Å²) in [6, 6.07) is 5.02. The standard InChI is InChI=1S/C10H7F3N2S2/c1-5-2-3-7(17-5)6-4-8(16)15-9(14-6)10(11,12)13/h2-4H,1H3,(H,14,15,16). The molecule has 0 spiro atoms. The van der Waals surface area contributed by atoms with Gasteiger partial charge in [-0.2, -0.15) is 13.2 Å². The van der Waals surface area contributed by atoms with Gasteiger partial charge in [-0.25, -0.2) is 4.98 Å². The number of hydrogen-bond donors (Lipinski definition) is 1. The van der Waals surface area contributed by atoms with Gasteiger partial charge in [-0.1, -0.05) is 12.2 Å². The summed E-state index contributed by atoms with van der Waals surface area (Å²) >= 11 is 6.13. The number of aromatic amines is 1. The Balaban J connectivity index is 2.57. The first-order valence-electron chi connectivity index (χ1n) is 4.61. The molecule has 2 aromatic heterocycles. The van der Waals surface area contributed by atoms with Crippen LogP contribution in [0.3, 0.4) is 0 Å². The Labute approximate surface area is 104 Å². The lowest BCUT2D eigenvalue weighted by Crippen LogP contribution is -2.11. The highest BCUT2D eigenvalue weighted by molar-refractivity contribution is 7.71. The molecule has 2 heterocycles. The maximum absolute atomic E-state index is 12.5. The largest absolute Gasteiger partial charge is 0.449 e. The number of halogens is 3. The maximum atomic E-state index is 12.5. The van der Waals surface area contributed by atoms with Gasteiger partial charge in [-0.15, -0.1) is 11.3 Å². The second kappa shape index (κ2) is 4.23. The monoisotopic (exact) mass is 276 g/mol. The fraction of sp³-hybridized carbons (Fsp3) is 0.200. The minimum absolute atomic E-state index is 0.0721. The molecule has 0 aliphatic carbocycles. The van der Waals surface area contributed by atoms with Crippen LogP contribution in [0.15, 0.2) is 18.2 Å². The summed E-state index contributed by atoms with van der Waals surface area (Å²) in [6.45, 7) is 1.88. The third kappa shape index (κ3) is 2.73. The van der Waals surface area contributed by atoms with E-state index in [1.807, 2.05) is 13.0 Å². The predicted octanol–water partition coefficient (Wildman–Crippen LogP) is 4.19. The minimum atomic E-state index is -4.52. The van der Waals surface area contributed by atoms with Crippen LogP contribution in [0.2, 0.25) is 0 Å². The van der Waals surface area contributed by atoms with Gasteiger partial charge in [-0.3, -0.25) is 0 Å². The van der Waals surface area contributed by atoms with Gasteiger partial charge in [0, 0.05) is 4.88 Å². The molecular weight excluding hydrogens is 269 g/mol. The Bertz CT molecular complexity index is 598. The van der Waals surface area contributed by atoms with Crippen LogP contribution < -0.4 is 0 Å². The lowest BCUT2D eigenvalue weighted by molar-refractivity contribution is -0.144. The fourth-order valence-corrected chi connectivity index (χ4v) is 2.35. The molecule has 0 aliphatic rings. The molecule has 7 heteroatoms. The molecule has 1 N–H and O–H groups in total. The lowest BCUT2D eigenvalue weighted by Gasteiger charge is -2.07. The molecule has 2 aromatic rings. The normalized spacial score (nSPS) is 11.8. The van der Waals surface area contributed by atoms with Gasteiger partial charge in [-0.05, 0) is 25.1 Å². The van der Waals surface area contributed by atoms with E-state index >= 15 is 0 Å². The van der Waals surface area contributed by atoms with Crippen LogP contribution in [0.25, 0.3) is 10.6 Å². The fourth-order valence-electron chi connectivity index (χ4n) is 1.30. The van der Waals surface area contributed by atoms with Crippen molar-refractivity contribution in [2.24, 2.45) is 0 Å². The molecule has 17 heavy (non-hydrogen) atoms. The van der Waals surface area contributed by atoms with Crippen molar-refractivity contribution in [1.29, 1.82) is 0 Å². The average Bonchev–Trinajstić information content (AvgIpc) is 2.62. The van der Waals surface area contributed by atoms with E-state index in [1.54, 1.807) is 6.07 Å². The quantitative estimate of drug-likeness (QED) is 0.791. The van der Waals surface area contributed by atoms with Crippen LogP contribution in [0, 0.1) is 11.6 Å². The van der Waals surface area contributed by atoms with Gasteiger partial charge < -0.3 is 4.98 Å². The number of H-pyrrole nitrogens is 1. The van der Waals surface area contributed by atoms with Crippen LogP contribution in [0.4, 0.5) is 13.2 Å². The summed E-state index contributed by atoms with van der Waals surface area (Å²) in [5.41, 5.74) is 0.343. The van der Waals surface area contributed by atoms with Gasteiger partial charge in [0.25, 0.3) is 0 Å². The van der Waals surface area contributed by atoms with Gasteiger partial charge in [0.2, 0.25) is 5.82 Å². The molecule has 0 fully saturated rings. The molecule has 0 unspecified atom stereocenters. The van der Waals surface area contributed by atoms with Crippen molar-refractivity contribution < 1.29 is 13.2 Å². The van der Waals surface area contributed by atoms with E-state index in [0.29, 0.717) is 10.6 Å². The molecule has 2 rings (SSSR count). The van der Waals surface area contributed by atoms with Gasteiger partial charge >= 0.3 is 6.18 Å². The number of thiophene rings is 1. The van der Waals surface area contributed by atoms with Crippen molar-refractivity contribution in [2.45, 2.75) is 13.1 Å². The maximum Gasteiger partial charge on any atom is 0.449 e. The number of alkyl halides is 3. The van der Waals surface area contributed by atoms with Gasteiger partial charge in [0.05, 0.1) is 10.6 Å². The van der Waals surface area contributed by atoms with Crippen LogP contribution >= 0.6 is 23.6 Å². The summed E-state index contributed by atoms with van der Waals surface area (Å²) in [4.78, 5) is 7.27. The second-order valence-corrected chi connectivity index (χ2v) is 5.10. The van der Waals surface area contributed by atoms with Gasteiger partial charge in [0.1, 0.15) is 4.64 Å². The predicted molar refractivity (Wildman–Crippen MR) is 62.5 cm³/mol. The van der Waals surface area contributed by atoms with Crippen LogP contribution in [-0.4, -0.2) is 9.97 Å². The van der Waals surface area contributed by atoms with Crippen molar-refractivity contribution in [3.05, 3.63) is 33.5 Å². The van der Waals surface area contributed by atoms with Crippen molar-refractivity contribution >= 4 is 23.6 Å². The van der Waals surface area contributed by atoms with E-state index in [1.165, 1.54) is 17.4 Å². The Morgan fingerprint density at radius 2 is 2.06 bits per heavy atom. The van der Waals surface area contributed by atoms with Crippen LogP contribution in [0.1, 0.15) is 10.7 Å². The smallest absolute Gasteiger partial charge is 0.335 e. The van der Waals surface area contributed by atoms with Crippen molar-refractivity contribution in [1.82, 2.24) is 9.97 Å². The number of rotatable bonds is 1. The molecule has 0 saturated heterocycles. The summed E-state index contributed by atoms with van der Waals surface area (Å²) in [6.07, 6.45) is -4.52. The summed E-state index contributed by atoms with van der Waals surface area (Å²) in [5, 5.41) is 0. The minimum Gasteiger partial charge on any atom is -0.335 e. The SMILES string of the molecule is Cc1ccc(-c2cc(=S)nc(C(F)(F)F)[nH]2)s1. The number of hydrogen-bond acceptors (Lipinski definition) is 3. The molecule has 0 bridgehead atoms. The van der Waals surface area contributed by atoms with Gasteiger partial charge in [0.15, 0.2) is 0 Å². The van der Waals surface area contributed by atoms with E-state index in [2.05, 4.69) is 9.97 Å². The Hall–Kier alpha value is -1.21. The molecule has 0 saturated carbocycles. The van der Waals surface area contributed by atoms with Crippen LogP contribution in [-0.2, 0) is 6.18 Å². The summed E-state index contributed by atoms with van der Waals surface area (Å²) in [5.74, 6) is -1.06. The Kier molecular flexibility index (Phi) is 3.05. The lowest BCUT2D eigenvalue weighted by atomic mass is 10.3. The van der Waals surface area contributed by atoms with Crippen LogP contribution in [0.5, 0.6) is 0 Å². The first kappa shape index (κ1) is 12.3. The molecule has 0 aromatic carbocycles. The number of aryl methyl sites for hydroxylation is 1. The van der Waals surface area contributed by atoms with Crippen molar-refractivity contribution in [3.8, 4) is 10.6 Å². The number of aromatic nitrogens is 2. The second-order valence-electron chi connectivity index (χ2n) is 3.39. The molecular formula is C10H7F3N2S2. The van der Waals surface area contributed by atoms with Crippen molar-refractivity contribution in [2.75, 3.05) is 0 Å². The molecule has 90 valence electrons. The third-order valence-corrected chi connectivity index (χ3v) is 3.26. The first-order valence-corrected chi connectivity index (χ1v) is 5.84. The molecule has 0 amide bonds. The van der Waals surface area contributed by atoms with E-state index in [4.69, 9.17) is 12.2 Å². The zero-order chi connectivity index (χ0) is 12.6. The molecule has 2 nitrogen and oxygen atoms in total. The third-order valence-electron chi connectivity index (χ3n) is 2.02. The Morgan fingerprint density at radius 1 is 1.35 bits per heavy atom. The zero-order valence-electron chi connectivity index (χ0n) is 8.63. The highest BCUT2D eigenvalue weighted by Crippen LogP contribution is 2.30. The first-order chi connectivity index (χ1) is 7.86. The van der Waals surface area contributed by atoms with E-state index in [-0.39, 0.29) is 4.64 Å². The topological polar surface area (TPSA) is 28.7 Å². The summed E-state index contributed by atoms with van der Waals surface area (Å²) in [7, 11) is 0. The summed E-state index contributed by atoms with van der Waals surface area (Å²) < 4.78 is 37.5. The highest BCUT2D eigenvalue weighted by atomic mass is 32.1.